The summed E-state index contributed by atoms with van der Waals surface area (Å²) in [7, 11) is -7.40. The lowest BCUT2D eigenvalue weighted by Gasteiger charge is -2.10. The molecule has 0 saturated heterocycles. The molecule has 1 aromatic carbocycles. The molecule has 1 rings (SSSR count). The molecule has 0 radical (unpaired) electrons. The van der Waals surface area contributed by atoms with Crippen LogP contribution in [0.3, 0.4) is 0 Å². The van der Waals surface area contributed by atoms with Gasteiger partial charge in [0.15, 0.2) is 0 Å². The molecule has 0 aromatic heterocycles. The first-order valence-corrected chi connectivity index (χ1v) is 8.67. The zero-order valence-electron chi connectivity index (χ0n) is 10.3. The third-order valence-electron chi connectivity index (χ3n) is 2.06. The SMILES string of the molecule is CS(=O)(=O)OCc1cccc(F)c1COS(C)(=O)=O. The van der Waals surface area contributed by atoms with Crippen molar-refractivity contribution in [3.05, 3.63) is 35.1 Å². The van der Waals surface area contributed by atoms with Gasteiger partial charge in [-0.05, 0) is 11.6 Å². The Morgan fingerprint density at radius 1 is 1.00 bits per heavy atom. The number of halogens is 1. The highest BCUT2D eigenvalue weighted by atomic mass is 32.2. The molecule has 0 spiro atoms. The predicted molar refractivity (Wildman–Crippen MR) is 65.7 cm³/mol. The fourth-order valence-corrected chi connectivity index (χ4v) is 1.91. The van der Waals surface area contributed by atoms with Gasteiger partial charge in [0.2, 0.25) is 0 Å². The highest BCUT2D eigenvalue weighted by Gasteiger charge is 2.13. The van der Waals surface area contributed by atoms with Crippen molar-refractivity contribution in [1.29, 1.82) is 0 Å². The Labute approximate surface area is 111 Å². The zero-order chi connectivity index (χ0) is 14.7. The van der Waals surface area contributed by atoms with Crippen LogP contribution in [0.15, 0.2) is 18.2 Å². The molecule has 6 nitrogen and oxygen atoms in total. The fraction of sp³-hybridized carbons (Fsp3) is 0.400. The van der Waals surface area contributed by atoms with Crippen LogP contribution in [0.1, 0.15) is 11.1 Å². The second-order valence-electron chi connectivity index (χ2n) is 3.81. The van der Waals surface area contributed by atoms with E-state index in [1.54, 1.807) is 0 Å². The predicted octanol–water partition coefficient (Wildman–Crippen LogP) is 0.778. The fourth-order valence-electron chi connectivity index (χ4n) is 1.24. The third-order valence-corrected chi connectivity index (χ3v) is 3.15. The molecule has 0 atom stereocenters. The molecular weight excluding hydrogens is 299 g/mol. The van der Waals surface area contributed by atoms with E-state index in [1.807, 2.05) is 0 Å². The van der Waals surface area contributed by atoms with Crippen molar-refractivity contribution in [1.82, 2.24) is 0 Å². The summed E-state index contributed by atoms with van der Waals surface area (Å²) in [6.45, 7) is -0.910. The van der Waals surface area contributed by atoms with Crippen LogP contribution in [0, 0.1) is 5.82 Å². The molecule has 19 heavy (non-hydrogen) atoms. The van der Waals surface area contributed by atoms with Gasteiger partial charge in [-0.2, -0.15) is 16.8 Å². The maximum absolute atomic E-state index is 13.6. The molecular formula is C10H13FO6S2. The second kappa shape index (κ2) is 5.95. The Bertz CT molecular complexity index is 651. The normalized spacial score (nSPS) is 12.6. The van der Waals surface area contributed by atoms with Crippen LogP contribution in [-0.4, -0.2) is 29.3 Å². The number of hydrogen-bond donors (Lipinski definition) is 0. The summed E-state index contributed by atoms with van der Waals surface area (Å²) in [5, 5.41) is 0. The van der Waals surface area contributed by atoms with Gasteiger partial charge in [0, 0.05) is 5.56 Å². The van der Waals surface area contributed by atoms with Gasteiger partial charge in [0.1, 0.15) is 5.82 Å². The molecule has 9 heteroatoms. The van der Waals surface area contributed by atoms with E-state index in [9.17, 15) is 21.2 Å². The number of rotatable bonds is 6. The molecule has 0 N–H and O–H groups in total. The summed E-state index contributed by atoms with van der Waals surface area (Å²) in [6, 6.07) is 3.90. The summed E-state index contributed by atoms with van der Waals surface area (Å²) < 4.78 is 66.1. The van der Waals surface area contributed by atoms with Crippen LogP contribution >= 0.6 is 0 Å². The second-order valence-corrected chi connectivity index (χ2v) is 7.10. The van der Waals surface area contributed by atoms with E-state index in [2.05, 4.69) is 8.37 Å². The Morgan fingerprint density at radius 2 is 1.53 bits per heavy atom. The van der Waals surface area contributed by atoms with E-state index in [4.69, 9.17) is 0 Å². The van der Waals surface area contributed by atoms with E-state index in [0.29, 0.717) is 0 Å². The summed E-state index contributed by atoms with van der Waals surface area (Å²) in [5.74, 6) is -0.696. The van der Waals surface area contributed by atoms with E-state index in [1.165, 1.54) is 12.1 Å². The van der Waals surface area contributed by atoms with E-state index >= 15 is 0 Å². The molecule has 108 valence electrons. The average Bonchev–Trinajstić information content (AvgIpc) is 2.22. The van der Waals surface area contributed by atoms with Crippen molar-refractivity contribution in [3.63, 3.8) is 0 Å². The minimum atomic E-state index is -3.72. The average molecular weight is 312 g/mol. The third kappa shape index (κ3) is 6.10. The lowest BCUT2D eigenvalue weighted by Crippen LogP contribution is -2.09. The highest BCUT2D eigenvalue weighted by molar-refractivity contribution is 7.86. The highest BCUT2D eigenvalue weighted by Crippen LogP contribution is 2.17. The van der Waals surface area contributed by atoms with Gasteiger partial charge in [-0.1, -0.05) is 12.1 Å². The summed E-state index contributed by atoms with van der Waals surface area (Å²) >= 11 is 0. The van der Waals surface area contributed by atoms with Crippen LogP contribution in [0.5, 0.6) is 0 Å². The van der Waals surface area contributed by atoms with Gasteiger partial charge in [-0.3, -0.25) is 8.37 Å². The molecule has 0 bridgehead atoms. The first-order valence-electron chi connectivity index (χ1n) is 5.03. The molecule has 0 aliphatic rings. The first kappa shape index (κ1) is 16.0. The van der Waals surface area contributed by atoms with Gasteiger partial charge in [0.25, 0.3) is 20.2 Å². The van der Waals surface area contributed by atoms with Crippen molar-refractivity contribution >= 4 is 20.2 Å². The Kier molecular flexibility index (Phi) is 5.02. The van der Waals surface area contributed by atoms with E-state index in [0.717, 1.165) is 18.6 Å². The lowest BCUT2D eigenvalue weighted by molar-refractivity contribution is 0.287. The molecule has 0 unspecified atom stereocenters. The topological polar surface area (TPSA) is 86.7 Å². The van der Waals surface area contributed by atoms with Crippen molar-refractivity contribution in [3.8, 4) is 0 Å². The van der Waals surface area contributed by atoms with Crippen molar-refractivity contribution in [2.24, 2.45) is 0 Å². The van der Waals surface area contributed by atoms with E-state index < -0.39 is 32.7 Å². The zero-order valence-corrected chi connectivity index (χ0v) is 11.9. The van der Waals surface area contributed by atoms with Crippen LogP contribution in [-0.2, 0) is 41.8 Å². The van der Waals surface area contributed by atoms with Crippen molar-refractivity contribution in [2.75, 3.05) is 12.5 Å². The quantitative estimate of drug-likeness (QED) is 0.721. The standard InChI is InChI=1S/C10H13FO6S2/c1-18(12,13)16-6-8-4-3-5-10(11)9(8)7-17-19(2,14)15/h3-5H,6-7H2,1-2H3. The maximum Gasteiger partial charge on any atom is 0.264 e. The molecule has 1 aromatic rings. The Balaban J connectivity index is 2.95. The van der Waals surface area contributed by atoms with Gasteiger partial charge < -0.3 is 0 Å². The molecule has 0 heterocycles. The number of benzene rings is 1. The van der Waals surface area contributed by atoms with Crippen molar-refractivity contribution in [2.45, 2.75) is 13.2 Å². The molecule has 0 fully saturated rings. The lowest BCUT2D eigenvalue weighted by atomic mass is 10.1. The Morgan fingerprint density at radius 3 is 2.05 bits per heavy atom. The van der Waals surface area contributed by atoms with Crippen LogP contribution < -0.4 is 0 Å². The van der Waals surface area contributed by atoms with Crippen LogP contribution in [0.25, 0.3) is 0 Å². The van der Waals surface area contributed by atoms with Crippen LogP contribution in [0.4, 0.5) is 4.39 Å². The van der Waals surface area contributed by atoms with E-state index in [-0.39, 0.29) is 17.7 Å². The molecule has 0 saturated carbocycles. The summed E-state index contributed by atoms with van der Waals surface area (Å²) in [4.78, 5) is 0. The van der Waals surface area contributed by atoms with Crippen LogP contribution in [0.2, 0.25) is 0 Å². The molecule has 0 aliphatic heterocycles. The van der Waals surface area contributed by atoms with Crippen molar-refractivity contribution < 1.29 is 29.6 Å². The summed E-state index contributed by atoms with van der Waals surface area (Å²) in [5.41, 5.74) is 0.144. The monoisotopic (exact) mass is 312 g/mol. The van der Waals surface area contributed by atoms with Gasteiger partial charge in [0.05, 0.1) is 25.7 Å². The minimum Gasteiger partial charge on any atom is -0.265 e. The minimum absolute atomic E-state index is 0.0587. The smallest absolute Gasteiger partial charge is 0.264 e. The number of hydrogen-bond acceptors (Lipinski definition) is 6. The van der Waals surface area contributed by atoms with Gasteiger partial charge in [-0.25, -0.2) is 4.39 Å². The Hall–Kier alpha value is -1.03. The summed E-state index contributed by atoms with van der Waals surface area (Å²) in [6.07, 6.45) is 1.69. The first-order chi connectivity index (χ1) is 8.58. The maximum atomic E-state index is 13.6. The van der Waals surface area contributed by atoms with Gasteiger partial charge in [-0.15, -0.1) is 0 Å². The molecule has 0 aliphatic carbocycles. The largest absolute Gasteiger partial charge is 0.265 e. The van der Waals surface area contributed by atoms with Gasteiger partial charge >= 0.3 is 0 Å². The molecule has 0 amide bonds.